The van der Waals surface area contributed by atoms with Crippen LogP contribution in [0.2, 0.25) is 10.0 Å². The van der Waals surface area contributed by atoms with E-state index in [4.69, 9.17) is 28.5 Å². The van der Waals surface area contributed by atoms with Crippen LogP contribution in [0.5, 0.6) is 0 Å². The fourth-order valence-corrected chi connectivity index (χ4v) is 2.06. The molecule has 4 nitrogen and oxygen atoms in total. The first kappa shape index (κ1) is 15.0. The highest BCUT2D eigenvalue weighted by Crippen LogP contribution is 2.16. The third kappa shape index (κ3) is 3.60. The Labute approximate surface area is 131 Å². The average molecular weight is 318 g/mol. The van der Waals surface area contributed by atoms with E-state index in [1.165, 1.54) is 0 Å². The number of benzene rings is 2. The molecule has 2 aromatic rings. The first-order valence-electron chi connectivity index (χ1n) is 5.91. The molecule has 0 saturated heterocycles. The van der Waals surface area contributed by atoms with Crippen LogP contribution in [0.4, 0.5) is 0 Å². The van der Waals surface area contributed by atoms with Gasteiger partial charge in [0.2, 0.25) is 0 Å². The topological polar surface area (TPSA) is 65.2 Å². The van der Waals surface area contributed by atoms with E-state index < -0.39 is 5.91 Å². The molecule has 2 aromatic carbocycles. The number of nitrogens with one attached hydrogen (secondary N) is 1. The van der Waals surface area contributed by atoms with Crippen LogP contribution in [-0.4, -0.2) is 11.6 Å². The Morgan fingerprint density at radius 1 is 1.00 bits per heavy atom. The lowest BCUT2D eigenvalue weighted by atomic mass is 10.1. The van der Waals surface area contributed by atoms with E-state index in [1.807, 2.05) is 6.07 Å². The molecular formula is C15H9Cl2N3O. The van der Waals surface area contributed by atoms with Crippen molar-refractivity contribution in [1.82, 2.24) is 5.43 Å². The Hall–Kier alpha value is -2.35. The zero-order valence-electron chi connectivity index (χ0n) is 10.7. The number of nitrogens with zero attached hydrogens (tertiary/aromatic N) is 2. The summed E-state index contributed by atoms with van der Waals surface area (Å²) in [7, 11) is 0. The highest BCUT2D eigenvalue weighted by atomic mass is 35.5. The lowest BCUT2D eigenvalue weighted by molar-refractivity contribution is 0.0955. The van der Waals surface area contributed by atoms with Gasteiger partial charge < -0.3 is 0 Å². The van der Waals surface area contributed by atoms with E-state index in [1.54, 1.807) is 48.5 Å². The number of carbonyl (C=O) groups is 1. The largest absolute Gasteiger partial charge is 0.272 e. The Kier molecular flexibility index (Phi) is 4.94. The summed E-state index contributed by atoms with van der Waals surface area (Å²) in [5, 5.41) is 13.6. The summed E-state index contributed by atoms with van der Waals surface area (Å²) in [5.41, 5.74) is 3.04. The molecule has 2 rings (SSSR count). The van der Waals surface area contributed by atoms with Gasteiger partial charge in [-0.15, -0.1) is 0 Å². The Morgan fingerprint density at radius 2 is 1.52 bits per heavy atom. The van der Waals surface area contributed by atoms with Crippen LogP contribution in [-0.2, 0) is 0 Å². The number of hydrogen-bond acceptors (Lipinski definition) is 3. The van der Waals surface area contributed by atoms with E-state index in [2.05, 4.69) is 10.5 Å². The van der Waals surface area contributed by atoms with Gasteiger partial charge in [0, 0.05) is 5.56 Å². The molecule has 0 atom stereocenters. The van der Waals surface area contributed by atoms with Gasteiger partial charge in [-0.05, 0) is 18.2 Å². The van der Waals surface area contributed by atoms with E-state index in [0.717, 1.165) is 0 Å². The quantitative estimate of drug-likeness (QED) is 0.693. The molecule has 0 heterocycles. The molecule has 0 bridgehead atoms. The molecule has 1 N–H and O–H groups in total. The third-order valence-corrected chi connectivity index (χ3v) is 3.28. The minimum Gasteiger partial charge on any atom is -0.267 e. The van der Waals surface area contributed by atoms with Gasteiger partial charge in [-0.2, -0.15) is 10.4 Å². The van der Waals surface area contributed by atoms with Crippen LogP contribution in [0.15, 0.2) is 53.6 Å². The second kappa shape index (κ2) is 6.89. The zero-order valence-corrected chi connectivity index (χ0v) is 12.2. The summed E-state index contributed by atoms with van der Waals surface area (Å²) in [6.45, 7) is 0. The summed E-state index contributed by atoms with van der Waals surface area (Å²) >= 11 is 11.9. The van der Waals surface area contributed by atoms with Crippen LogP contribution in [0.3, 0.4) is 0 Å². The average Bonchev–Trinajstić information content (AvgIpc) is 2.49. The highest BCUT2D eigenvalue weighted by Gasteiger charge is 2.11. The van der Waals surface area contributed by atoms with Gasteiger partial charge in [-0.25, -0.2) is 5.43 Å². The van der Waals surface area contributed by atoms with Crippen molar-refractivity contribution in [3.8, 4) is 6.07 Å². The van der Waals surface area contributed by atoms with Crippen LogP contribution in [0.1, 0.15) is 15.9 Å². The van der Waals surface area contributed by atoms with Gasteiger partial charge in [0.1, 0.15) is 6.07 Å². The van der Waals surface area contributed by atoms with Crippen LogP contribution in [0, 0.1) is 11.3 Å². The van der Waals surface area contributed by atoms with Crippen molar-refractivity contribution in [3.05, 3.63) is 69.7 Å². The lowest BCUT2D eigenvalue weighted by Crippen LogP contribution is -2.20. The summed E-state index contributed by atoms with van der Waals surface area (Å²) in [5.74, 6) is -0.500. The molecule has 0 radical (unpaired) electrons. The Bertz CT molecular complexity index is 751. The second-order valence-corrected chi connectivity index (χ2v) is 4.79. The predicted molar refractivity (Wildman–Crippen MR) is 82.5 cm³/mol. The number of rotatable bonds is 3. The summed E-state index contributed by atoms with van der Waals surface area (Å²) in [6, 6.07) is 15.2. The summed E-state index contributed by atoms with van der Waals surface area (Å²) in [4.78, 5) is 12.0. The van der Waals surface area contributed by atoms with Crippen molar-refractivity contribution >= 4 is 34.8 Å². The number of hydrogen-bond donors (Lipinski definition) is 1. The molecule has 0 aliphatic carbocycles. The molecule has 0 unspecified atom stereocenters. The van der Waals surface area contributed by atoms with Crippen molar-refractivity contribution in [2.24, 2.45) is 5.10 Å². The molecule has 0 aromatic heterocycles. The maximum absolute atomic E-state index is 12.0. The minimum atomic E-state index is -0.500. The SMILES string of the molecule is N#C/C(=N/NC(=O)c1ccccc1Cl)c1ccccc1Cl. The van der Waals surface area contributed by atoms with Crippen molar-refractivity contribution in [3.63, 3.8) is 0 Å². The third-order valence-electron chi connectivity index (χ3n) is 2.62. The van der Waals surface area contributed by atoms with Gasteiger partial charge in [0.05, 0.1) is 15.6 Å². The number of hydrazone groups is 1. The van der Waals surface area contributed by atoms with E-state index in [-0.39, 0.29) is 11.3 Å². The van der Waals surface area contributed by atoms with Crippen LogP contribution >= 0.6 is 23.2 Å². The van der Waals surface area contributed by atoms with Gasteiger partial charge in [-0.1, -0.05) is 53.5 Å². The molecule has 0 fully saturated rings. The van der Waals surface area contributed by atoms with E-state index in [9.17, 15) is 4.79 Å². The monoisotopic (exact) mass is 317 g/mol. The molecule has 0 saturated carbocycles. The fraction of sp³-hybridized carbons (Fsp3) is 0. The fourth-order valence-electron chi connectivity index (χ4n) is 1.61. The van der Waals surface area contributed by atoms with Crippen molar-refractivity contribution in [2.75, 3.05) is 0 Å². The van der Waals surface area contributed by atoms with Crippen molar-refractivity contribution in [1.29, 1.82) is 5.26 Å². The summed E-state index contributed by atoms with van der Waals surface area (Å²) < 4.78 is 0. The molecule has 104 valence electrons. The predicted octanol–water partition coefficient (Wildman–Crippen LogP) is 3.65. The standard InChI is InChI=1S/C15H9Cl2N3O/c16-12-7-3-1-5-10(12)14(9-18)19-20-15(21)11-6-2-4-8-13(11)17/h1-8H,(H,20,21)/b19-14-. The van der Waals surface area contributed by atoms with Gasteiger partial charge in [-0.3, -0.25) is 4.79 Å². The van der Waals surface area contributed by atoms with Gasteiger partial charge >= 0.3 is 0 Å². The molecule has 1 amide bonds. The van der Waals surface area contributed by atoms with E-state index in [0.29, 0.717) is 15.6 Å². The van der Waals surface area contributed by atoms with Crippen LogP contribution < -0.4 is 5.43 Å². The van der Waals surface area contributed by atoms with Crippen LogP contribution in [0.25, 0.3) is 0 Å². The number of carbonyl (C=O) groups excluding carboxylic acids is 1. The first-order valence-corrected chi connectivity index (χ1v) is 6.66. The van der Waals surface area contributed by atoms with Crippen molar-refractivity contribution in [2.45, 2.75) is 0 Å². The Morgan fingerprint density at radius 3 is 2.05 bits per heavy atom. The number of nitriles is 1. The molecule has 6 heteroatoms. The molecular weight excluding hydrogens is 309 g/mol. The zero-order chi connectivity index (χ0) is 15.2. The lowest BCUT2D eigenvalue weighted by Gasteiger charge is -2.04. The minimum absolute atomic E-state index is 0.0148. The molecule has 0 aliphatic rings. The molecule has 0 spiro atoms. The maximum atomic E-state index is 12.0. The number of amides is 1. The maximum Gasteiger partial charge on any atom is 0.272 e. The van der Waals surface area contributed by atoms with Gasteiger partial charge in [0.15, 0.2) is 5.71 Å². The second-order valence-electron chi connectivity index (χ2n) is 3.97. The molecule has 21 heavy (non-hydrogen) atoms. The normalized spacial score (nSPS) is 10.8. The highest BCUT2D eigenvalue weighted by molar-refractivity contribution is 6.35. The molecule has 0 aliphatic heterocycles. The Balaban J connectivity index is 2.24. The van der Waals surface area contributed by atoms with E-state index >= 15 is 0 Å². The summed E-state index contributed by atoms with van der Waals surface area (Å²) in [6.07, 6.45) is 0. The smallest absolute Gasteiger partial charge is 0.267 e. The van der Waals surface area contributed by atoms with Crippen molar-refractivity contribution < 1.29 is 4.79 Å². The van der Waals surface area contributed by atoms with Gasteiger partial charge in [0.25, 0.3) is 5.91 Å². The first-order chi connectivity index (χ1) is 10.1. The number of halogens is 2.